The van der Waals surface area contributed by atoms with Crippen LogP contribution in [0.4, 0.5) is 0 Å². The molecular formula is C10H9BrO2. The molecule has 0 spiro atoms. The van der Waals surface area contributed by atoms with Gasteiger partial charge in [-0.2, -0.15) is 0 Å². The van der Waals surface area contributed by atoms with Gasteiger partial charge in [-0.15, -0.1) is 0 Å². The summed E-state index contributed by atoms with van der Waals surface area (Å²) in [6.07, 6.45) is 0.756. The maximum absolute atomic E-state index is 11.1. The number of benzene rings is 1. The minimum absolute atomic E-state index is 0.0203. The Labute approximate surface area is 85.1 Å². The Kier molecular flexibility index (Phi) is 2.98. The number of aldehydes is 1. The SMILES string of the molecule is CC(=O)c1ccc(Br)c(C=O)c1C. The Hall–Kier alpha value is -0.960. The second-order valence-electron chi connectivity index (χ2n) is 2.81. The molecule has 0 aliphatic heterocycles. The van der Waals surface area contributed by atoms with Crippen LogP contribution in [0.25, 0.3) is 0 Å². The Bertz CT molecular complexity index is 369. The first-order chi connectivity index (χ1) is 6.07. The molecule has 68 valence electrons. The first-order valence-corrected chi connectivity index (χ1v) is 4.62. The minimum Gasteiger partial charge on any atom is -0.298 e. The van der Waals surface area contributed by atoms with Crippen LogP contribution in [-0.4, -0.2) is 12.1 Å². The fourth-order valence-electron chi connectivity index (χ4n) is 1.22. The summed E-state index contributed by atoms with van der Waals surface area (Å²) in [6.45, 7) is 3.26. The van der Waals surface area contributed by atoms with Crippen molar-refractivity contribution >= 4 is 28.0 Å². The molecule has 0 aliphatic rings. The third kappa shape index (κ3) is 1.86. The zero-order chi connectivity index (χ0) is 10.0. The third-order valence-electron chi connectivity index (χ3n) is 1.96. The fraction of sp³-hybridized carbons (Fsp3) is 0.200. The zero-order valence-corrected chi connectivity index (χ0v) is 9.01. The van der Waals surface area contributed by atoms with Crippen molar-refractivity contribution in [2.45, 2.75) is 13.8 Å². The first-order valence-electron chi connectivity index (χ1n) is 3.83. The van der Waals surface area contributed by atoms with Gasteiger partial charge in [-0.3, -0.25) is 9.59 Å². The molecule has 0 heterocycles. The largest absolute Gasteiger partial charge is 0.298 e. The van der Waals surface area contributed by atoms with Gasteiger partial charge in [0.1, 0.15) is 0 Å². The van der Waals surface area contributed by atoms with Crippen LogP contribution in [0.5, 0.6) is 0 Å². The highest BCUT2D eigenvalue weighted by molar-refractivity contribution is 9.10. The van der Waals surface area contributed by atoms with E-state index in [4.69, 9.17) is 0 Å². The molecule has 0 fully saturated rings. The highest BCUT2D eigenvalue weighted by atomic mass is 79.9. The predicted molar refractivity (Wildman–Crippen MR) is 54.3 cm³/mol. The van der Waals surface area contributed by atoms with Crippen LogP contribution < -0.4 is 0 Å². The van der Waals surface area contributed by atoms with Crippen molar-refractivity contribution in [1.29, 1.82) is 0 Å². The van der Waals surface area contributed by atoms with E-state index in [0.29, 0.717) is 11.1 Å². The maximum Gasteiger partial charge on any atom is 0.160 e. The molecule has 0 saturated heterocycles. The Morgan fingerprint density at radius 1 is 1.46 bits per heavy atom. The summed E-state index contributed by atoms with van der Waals surface area (Å²) >= 11 is 3.25. The number of hydrogen-bond donors (Lipinski definition) is 0. The van der Waals surface area contributed by atoms with Gasteiger partial charge in [-0.25, -0.2) is 0 Å². The monoisotopic (exact) mass is 240 g/mol. The van der Waals surface area contributed by atoms with Crippen molar-refractivity contribution < 1.29 is 9.59 Å². The van der Waals surface area contributed by atoms with Crippen molar-refractivity contribution in [3.63, 3.8) is 0 Å². The van der Waals surface area contributed by atoms with Gasteiger partial charge in [-0.05, 0) is 31.5 Å². The summed E-state index contributed by atoms with van der Waals surface area (Å²) in [5, 5.41) is 0. The molecular weight excluding hydrogens is 232 g/mol. The van der Waals surface area contributed by atoms with Gasteiger partial charge in [0.25, 0.3) is 0 Å². The molecule has 0 saturated carbocycles. The van der Waals surface area contributed by atoms with Crippen molar-refractivity contribution in [1.82, 2.24) is 0 Å². The standard InChI is InChI=1S/C10H9BrO2/c1-6-8(7(2)13)3-4-10(11)9(6)5-12/h3-5H,1-2H3. The van der Waals surface area contributed by atoms with E-state index in [9.17, 15) is 9.59 Å². The normalized spacial score (nSPS) is 9.77. The number of carbonyl (C=O) groups excluding carboxylic acids is 2. The molecule has 0 unspecified atom stereocenters. The van der Waals surface area contributed by atoms with E-state index in [0.717, 1.165) is 16.3 Å². The summed E-state index contributed by atoms with van der Waals surface area (Å²) in [6, 6.07) is 3.43. The summed E-state index contributed by atoms with van der Waals surface area (Å²) in [7, 11) is 0. The van der Waals surface area contributed by atoms with E-state index in [1.807, 2.05) is 0 Å². The zero-order valence-electron chi connectivity index (χ0n) is 7.43. The molecule has 3 heteroatoms. The van der Waals surface area contributed by atoms with Crippen molar-refractivity contribution in [2.24, 2.45) is 0 Å². The predicted octanol–water partition coefficient (Wildman–Crippen LogP) is 2.77. The van der Waals surface area contributed by atoms with Gasteiger partial charge in [-0.1, -0.05) is 15.9 Å². The summed E-state index contributed by atoms with van der Waals surface area (Å²) in [4.78, 5) is 21.8. The van der Waals surface area contributed by atoms with Crippen LogP contribution in [0.15, 0.2) is 16.6 Å². The number of Topliss-reactive ketones (excluding diaryl/α,β-unsaturated/α-hetero) is 1. The lowest BCUT2D eigenvalue weighted by Crippen LogP contribution is -2.00. The van der Waals surface area contributed by atoms with Gasteiger partial charge in [0, 0.05) is 15.6 Å². The molecule has 0 aromatic heterocycles. The Morgan fingerprint density at radius 2 is 2.08 bits per heavy atom. The number of hydrogen-bond acceptors (Lipinski definition) is 2. The lowest BCUT2D eigenvalue weighted by Gasteiger charge is -2.05. The number of rotatable bonds is 2. The number of carbonyl (C=O) groups is 2. The molecule has 0 aliphatic carbocycles. The first kappa shape index (κ1) is 10.1. The van der Waals surface area contributed by atoms with E-state index in [1.54, 1.807) is 19.1 Å². The van der Waals surface area contributed by atoms with Gasteiger partial charge in [0.05, 0.1) is 0 Å². The molecule has 1 aromatic rings. The van der Waals surface area contributed by atoms with Gasteiger partial charge in [0.15, 0.2) is 12.1 Å². The van der Waals surface area contributed by atoms with Crippen molar-refractivity contribution in [2.75, 3.05) is 0 Å². The van der Waals surface area contributed by atoms with Gasteiger partial charge >= 0.3 is 0 Å². The average molecular weight is 241 g/mol. The smallest absolute Gasteiger partial charge is 0.160 e. The molecule has 13 heavy (non-hydrogen) atoms. The van der Waals surface area contributed by atoms with Crippen LogP contribution in [0.3, 0.4) is 0 Å². The van der Waals surface area contributed by atoms with Crippen LogP contribution in [0, 0.1) is 6.92 Å². The molecule has 0 radical (unpaired) electrons. The maximum atomic E-state index is 11.1. The lowest BCUT2D eigenvalue weighted by atomic mass is 10.0. The molecule has 0 atom stereocenters. The van der Waals surface area contributed by atoms with E-state index in [-0.39, 0.29) is 5.78 Å². The third-order valence-corrected chi connectivity index (χ3v) is 2.65. The molecule has 1 aromatic carbocycles. The molecule has 2 nitrogen and oxygen atoms in total. The molecule has 1 rings (SSSR count). The lowest BCUT2D eigenvalue weighted by molar-refractivity contribution is 0.101. The van der Waals surface area contributed by atoms with Crippen LogP contribution in [-0.2, 0) is 0 Å². The van der Waals surface area contributed by atoms with E-state index < -0.39 is 0 Å². The van der Waals surface area contributed by atoms with Crippen LogP contribution >= 0.6 is 15.9 Å². The second kappa shape index (κ2) is 3.83. The number of ketones is 1. The van der Waals surface area contributed by atoms with E-state index in [2.05, 4.69) is 15.9 Å². The topological polar surface area (TPSA) is 34.1 Å². The highest BCUT2D eigenvalue weighted by Gasteiger charge is 2.09. The summed E-state index contributed by atoms with van der Waals surface area (Å²) < 4.78 is 0.727. The van der Waals surface area contributed by atoms with E-state index in [1.165, 1.54) is 6.92 Å². The van der Waals surface area contributed by atoms with E-state index >= 15 is 0 Å². The molecule has 0 bridgehead atoms. The number of halogens is 1. The van der Waals surface area contributed by atoms with Crippen molar-refractivity contribution in [3.05, 3.63) is 33.3 Å². The summed E-state index contributed by atoms with van der Waals surface area (Å²) in [5.41, 5.74) is 1.88. The fourth-order valence-corrected chi connectivity index (χ4v) is 1.74. The highest BCUT2D eigenvalue weighted by Crippen LogP contribution is 2.21. The van der Waals surface area contributed by atoms with Gasteiger partial charge < -0.3 is 0 Å². The van der Waals surface area contributed by atoms with Crippen LogP contribution in [0.2, 0.25) is 0 Å². The van der Waals surface area contributed by atoms with Gasteiger partial charge in [0.2, 0.25) is 0 Å². The molecule has 0 amide bonds. The quantitative estimate of drug-likeness (QED) is 0.589. The van der Waals surface area contributed by atoms with Crippen LogP contribution in [0.1, 0.15) is 33.2 Å². The Balaban J connectivity index is 3.44. The van der Waals surface area contributed by atoms with Crippen molar-refractivity contribution in [3.8, 4) is 0 Å². The summed E-state index contributed by atoms with van der Waals surface area (Å²) in [5.74, 6) is -0.0203. The Morgan fingerprint density at radius 3 is 2.54 bits per heavy atom. The second-order valence-corrected chi connectivity index (χ2v) is 3.66. The minimum atomic E-state index is -0.0203. The average Bonchev–Trinajstić information content (AvgIpc) is 2.04. The molecule has 0 N–H and O–H groups in total.